The van der Waals surface area contributed by atoms with Crippen molar-refractivity contribution in [1.29, 1.82) is 0 Å². The van der Waals surface area contributed by atoms with Gasteiger partial charge in [0.1, 0.15) is 5.58 Å². The molecule has 0 unspecified atom stereocenters. The summed E-state index contributed by atoms with van der Waals surface area (Å²) in [6, 6.07) is 74.4. The maximum absolute atomic E-state index is 7.24. The van der Waals surface area contributed by atoms with Gasteiger partial charge >= 0.3 is 0 Å². The molecule has 63 heavy (non-hydrogen) atoms. The van der Waals surface area contributed by atoms with Crippen molar-refractivity contribution in [2.75, 3.05) is 0 Å². The lowest BCUT2D eigenvalue weighted by atomic mass is 9.99. The number of nitrogens with zero attached hydrogens (tertiary/aromatic N) is 5. The second kappa shape index (κ2) is 14.0. The molecule has 0 atom stereocenters. The van der Waals surface area contributed by atoms with Gasteiger partial charge in [0.2, 0.25) is 0 Å². The molecule has 6 nitrogen and oxygen atoms in total. The van der Waals surface area contributed by atoms with Crippen LogP contribution in [0, 0.1) is 0 Å². The summed E-state index contributed by atoms with van der Waals surface area (Å²) in [6.07, 6.45) is 0. The van der Waals surface area contributed by atoms with E-state index in [1.54, 1.807) is 0 Å². The van der Waals surface area contributed by atoms with Gasteiger partial charge in [-0.3, -0.25) is 0 Å². The van der Waals surface area contributed by atoms with Crippen molar-refractivity contribution in [2.24, 2.45) is 0 Å². The summed E-state index contributed by atoms with van der Waals surface area (Å²) in [6.45, 7) is 0. The molecule has 4 heterocycles. The van der Waals surface area contributed by atoms with Gasteiger partial charge < -0.3 is 13.6 Å². The van der Waals surface area contributed by atoms with Crippen molar-refractivity contribution in [3.8, 4) is 56.7 Å². The molecule has 0 aliphatic carbocycles. The summed E-state index contributed by atoms with van der Waals surface area (Å²) in [5.41, 5.74) is 13.1. The highest BCUT2D eigenvalue weighted by molar-refractivity contribution is 6.25. The van der Waals surface area contributed by atoms with E-state index in [4.69, 9.17) is 19.4 Å². The molecule has 0 radical (unpaired) electrons. The molecule has 0 spiro atoms. The number of hydrogen-bond acceptors (Lipinski definition) is 4. The summed E-state index contributed by atoms with van der Waals surface area (Å²) in [7, 11) is 0. The fourth-order valence-corrected chi connectivity index (χ4v) is 9.64. The number of furan rings is 1. The Morgan fingerprint density at radius 3 is 1.35 bits per heavy atom. The van der Waals surface area contributed by atoms with Gasteiger partial charge in [-0.2, -0.15) is 0 Å². The zero-order valence-corrected chi connectivity index (χ0v) is 33.9. The van der Waals surface area contributed by atoms with Crippen LogP contribution in [0.1, 0.15) is 0 Å². The molecule has 0 amide bonds. The zero-order chi connectivity index (χ0) is 41.4. The van der Waals surface area contributed by atoms with Gasteiger partial charge in [-0.15, -0.1) is 0 Å². The average Bonchev–Trinajstić information content (AvgIpc) is 4.03. The normalized spacial score (nSPS) is 11.8. The van der Waals surface area contributed by atoms with Crippen LogP contribution in [0.4, 0.5) is 0 Å². The van der Waals surface area contributed by atoms with Crippen molar-refractivity contribution in [1.82, 2.24) is 24.1 Å². The molecule has 0 bridgehead atoms. The molecule has 0 saturated heterocycles. The molecule has 0 saturated carbocycles. The molecule has 9 aromatic carbocycles. The van der Waals surface area contributed by atoms with Crippen molar-refractivity contribution in [2.45, 2.75) is 0 Å². The van der Waals surface area contributed by atoms with Crippen molar-refractivity contribution in [3.05, 3.63) is 212 Å². The SMILES string of the molecule is c1ccc(-c2nc(-c3ccccc3)nc(-c3cccc4c3oc3c4ccc4c5cccc(-c6cccc7c8ccccc8n(-c8ccccc8)c67)c5n(-c5ccccc5)c43)n2)cc1. The average molecular weight is 806 g/mol. The number of para-hydroxylation sites is 6. The Labute approximate surface area is 361 Å². The van der Waals surface area contributed by atoms with Crippen LogP contribution in [0.3, 0.4) is 0 Å². The molecular formula is C57H35N5O. The molecule has 0 fully saturated rings. The first-order valence-corrected chi connectivity index (χ1v) is 21.2. The minimum Gasteiger partial charge on any atom is -0.453 e. The Morgan fingerprint density at radius 1 is 0.286 bits per heavy atom. The lowest BCUT2D eigenvalue weighted by Gasteiger charge is -2.15. The van der Waals surface area contributed by atoms with Crippen molar-refractivity contribution in [3.63, 3.8) is 0 Å². The molecule has 0 N–H and O–H groups in total. The van der Waals surface area contributed by atoms with Crippen LogP contribution < -0.4 is 0 Å². The number of rotatable bonds is 6. The first kappa shape index (κ1) is 35.2. The van der Waals surface area contributed by atoms with E-state index in [0.717, 1.165) is 82.9 Å². The molecule has 0 aliphatic rings. The van der Waals surface area contributed by atoms with Gasteiger partial charge in [-0.25, -0.2) is 15.0 Å². The van der Waals surface area contributed by atoms with Crippen LogP contribution in [-0.4, -0.2) is 24.1 Å². The van der Waals surface area contributed by atoms with Crippen molar-refractivity contribution < 1.29 is 4.42 Å². The fourth-order valence-electron chi connectivity index (χ4n) is 9.64. The quantitative estimate of drug-likeness (QED) is 0.168. The highest BCUT2D eigenvalue weighted by atomic mass is 16.3. The molecule has 4 aromatic heterocycles. The summed E-state index contributed by atoms with van der Waals surface area (Å²) in [5, 5.41) is 6.70. The molecule has 294 valence electrons. The third-order valence-corrected chi connectivity index (χ3v) is 12.4. The second-order valence-corrected chi connectivity index (χ2v) is 15.9. The molecule has 6 heteroatoms. The number of benzene rings is 9. The second-order valence-electron chi connectivity index (χ2n) is 15.9. The van der Waals surface area contributed by atoms with E-state index in [1.807, 2.05) is 60.7 Å². The van der Waals surface area contributed by atoms with Crippen LogP contribution in [0.2, 0.25) is 0 Å². The Balaban J connectivity index is 1.12. The third-order valence-electron chi connectivity index (χ3n) is 12.4. The van der Waals surface area contributed by atoms with Gasteiger partial charge in [0, 0.05) is 65.9 Å². The maximum Gasteiger partial charge on any atom is 0.167 e. The van der Waals surface area contributed by atoms with E-state index >= 15 is 0 Å². The third kappa shape index (κ3) is 5.41. The van der Waals surface area contributed by atoms with E-state index in [-0.39, 0.29) is 0 Å². The molecular weight excluding hydrogens is 771 g/mol. The van der Waals surface area contributed by atoms with Crippen LogP contribution in [0.25, 0.3) is 122 Å². The predicted molar refractivity (Wildman–Crippen MR) is 258 cm³/mol. The van der Waals surface area contributed by atoms with Crippen LogP contribution in [0.5, 0.6) is 0 Å². The number of aromatic nitrogens is 5. The summed E-state index contributed by atoms with van der Waals surface area (Å²) >= 11 is 0. The van der Waals surface area contributed by atoms with Gasteiger partial charge in [0.05, 0.1) is 27.6 Å². The van der Waals surface area contributed by atoms with E-state index < -0.39 is 0 Å². The highest BCUT2D eigenvalue weighted by Crippen LogP contribution is 2.46. The smallest absolute Gasteiger partial charge is 0.167 e. The maximum atomic E-state index is 7.24. The Hall–Kier alpha value is -8.61. The minimum absolute atomic E-state index is 0.552. The molecule has 13 rings (SSSR count). The zero-order valence-electron chi connectivity index (χ0n) is 33.9. The van der Waals surface area contributed by atoms with Crippen molar-refractivity contribution >= 4 is 65.6 Å². The van der Waals surface area contributed by atoms with Crippen LogP contribution in [-0.2, 0) is 0 Å². The van der Waals surface area contributed by atoms with E-state index in [9.17, 15) is 0 Å². The number of hydrogen-bond donors (Lipinski definition) is 0. The van der Waals surface area contributed by atoms with Gasteiger partial charge in [-0.05, 0) is 42.5 Å². The van der Waals surface area contributed by atoms with Gasteiger partial charge in [0.25, 0.3) is 0 Å². The Bertz CT molecular complexity index is 3830. The monoisotopic (exact) mass is 805 g/mol. The lowest BCUT2D eigenvalue weighted by Crippen LogP contribution is -2.00. The summed E-state index contributed by atoms with van der Waals surface area (Å²) < 4.78 is 12.1. The molecule has 0 aliphatic heterocycles. The Morgan fingerprint density at radius 2 is 0.714 bits per heavy atom. The lowest BCUT2D eigenvalue weighted by molar-refractivity contribution is 0.671. The minimum atomic E-state index is 0.552. The largest absolute Gasteiger partial charge is 0.453 e. The van der Waals surface area contributed by atoms with Crippen LogP contribution >= 0.6 is 0 Å². The first-order valence-electron chi connectivity index (χ1n) is 21.2. The summed E-state index contributed by atoms with van der Waals surface area (Å²) in [5.74, 6) is 1.76. The molecule has 13 aromatic rings. The standard InChI is InChI=1S/C57H35N5O/c1-5-18-36(19-6-1)55-58-56(37-20-7-2-8-21-37)60-57(59-55)48-32-17-31-46-47-35-34-45-44-30-16-29-43(51(44)62(39-24-11-4-12-25-39)52(45)54(47)63-53(46)48)42-28-15-27-41-40-26-13-14-33-49(40)61(50(41)42)38-22-9-3-10-23-38/h1-35H. The van der Waals surface area contributed by atoms with E-state index in [1.165, 1.54) is 21.8 Å². The van der Waals surface area contributed by atoms with Gasteiger partial charge in [-0.1, -0.05) is 170 Å². The van der Waals surface area contributed by atoms with Crippen LogP contribution in [0.15, 0.2) is 217 Å². The highest BCUT2D eigenvalue weighted by Gasteiger charge is 2.25. The summed E-state index contributed by atoms with van der Waals surface area (Å²) in [4.78, 5) is 15.2. The van der Waals surface area contributed by atoms with E-state index in [0.29, 0.717) is 17.5 Å². The van der Waals surface area contributed by atoms with E-state index in [2.05, 4.69) is 161 Å². The predicted octanol–water partition coefficient (Wildman–Crippen LogP) is 14.6. The topological polar surface area (TPSA) is 61.7 Å². The number of fused-ring (bicyclic) bond motifs is 10. The fraction of sp³-hybridized carbons (Fsp3) is 0. The first-order chi connectivity index (χ1) is 31.3. The Kier molecular flexibility index (Phi) is 7.80. The van der Waals surface area contributed by atoms with Gasteiger partial charge in [0.15, 0.2) is 23.1 Å².